The second kappa shape index (κ2) is 10.1. The fourth-order valence-corrected chi connectivity index (χ4v) is 3.64. The molecule has 0 bridgehead atoms. The maximum Gasteiger partial charge on any atom is 0.194 e. The van der Waals surface area contributed by atoms with E-state index < -0.39 is 5.60 Å². The molecule has 2 N–H and O–H groups in total. The molecular formula is C21H33N3O3. The second-order valence-electron chi connectivity index (χ2n) is 7.61. The molecule has 1 aromatic rings. The van der Waals surface area contributed by atoms with Crippen LogP contribution in [-0.2, 0) is 16.1 Å². The van der Waals surface area contributed by atoms with Gasteiger partial charge in [-0.15, -0.1) is 0 Å². The van der Waals surface area contributed by atoms with Crippen molar-refractivity contribution < 1.29 is 14.6 Å². The molecule has 27 heavy (non-hydrogen) atoms. The summed E-state index contributed by atoms with van der Waals surface area (Å²) in [4.78, 5) is 7.03. The van der Waals surface area contributed by atoms with Gasteiger partial charge < -0.3 is 24.8 Å². The van der Waals surface area contributed by atoms with Crippen molar-refractivity contribution in [2.45, 2.75) is 38.4 Å². The van der Waals surface area contributed by atoms with Gasteiger partial charge in [-0.3, -0.25) is 4.99 Å². The van der Waals surface area contributed by atoms with Gasteiger partial charge in [0.05, 0.1) is 25.4 Å². The number of hydrogen-bond donors (Lipinski definition) is 2. The number of ether oxygens (including phenoxy) is 2. The van der Waals surface area contributed by atoms with E-state index in [2.05, 4.69) is 29.3 Å². The molecule has 6 nitrogen and oxygen atoms in total. The van der Waals surface area contributed by atoms with Crippen molar-refractivity contribution in [3.63, 3.8) is 0 Å². The molecule has 2 aliphatic heterocycles. The quantitative estimate of drug-likeness (QED) is 0.564. The molecule has 0 aliphatic carbocycles. The lowest BCUT2D eigenvalue weighted by molar-refractivity contribution is -0.0566. The lowest BCUT2D eigenvalue weighted by Gasteiger charge is -2.31. The minimum absolute atomic E-state index is 0.435. The van der Waals surface area contributed by atoms with Gasteiger partial charge in [-0.25, -0.2) is 0 Å². The maximum atomic E-state index is 10.7. The van der Waals surface area contributed by atoms with Gasteiger partial charge in [-0.05, 0) is 18.9 Å². The molecular weight excluding hydrogens is 342 g/mol. The molecule has 2 aliphatic rings. The van der Waals surface area contributed by atoms with Crippen molar-refractivity contribution in [1.29, 1.82) is 0 Å². The number of aliphatic hydroxyl groups is 1. The van der Waals surface area contributed by atoms with E-state index in [0.29, 0.717) is 45.1 Å². The lowest BCUT2D eigenvalue weighted by Crippen LogP contribution is -2.43. The molecule has 0 aromatic heterocycles. The third kappa shape index (κ3) is 6.19. The third-order valence-electron chi connectivity index (χ3n) is 5.33. The van der Waals surface area contributed by atoms with Crippen LogP contribution in [0, 0.1) is 5.92 Å². The molecule has 1 unspecified atom stereocenters. The number of likely N-dealkylation sites (tertiary alicyclic amines) is 1. The predicted octanol–water partition coefficient (Wildman–Crippen LogP) is 2.03. The third-order valence-corrected chi connectivity index (χ3v) is 5.33. The van der Waals surface area contributed by atoms with E-state index in [-0.39, 0.29) is 0 Å². The average Bonchev–Trinajstić information content (AvgIpc) is 3.15. The van der Waals surface area contributed by atoms with Crippen molar-refractivity contribution in [2.24, 2.45) is 10.9 Å². The van der Waals surface area contributed by atoms with E-state index in [4.69, 9.17) is 14.5 Å². The van der Waals surface area contributed by atoms with Crippen LogP contribution >= 0.6 is 0 Å². The molecule has 0 saturated carbocycles. The van der Waals surface area contributed by atoms with Crippen molar-refractivity contribution in [3.05, 3.63) is 35.9 Å². The number of aliphatic imine (C=N–C) groups is 1. The first-order valence-corrected chi connectivity index (χ1v) is 10.1. The Balaban J connectivity index is 1.47. The number of nitrogens with zero attached hydrogens (tertiary/aromatic N) is 2. The van der Waals surface area contributed by atoms with Gasteiger partial charge in [0, 0.05) is 51.6 Å². The Hall–Kier alpha value is -1.63. The fraction of sp³-hybridized carbons (Fsp3) is 0.667. The van der Waals surface area contributed by atoms with Crippen molar-refractivity contribution >= 4 is 5.96 Å². The van der Waals surface area contributed by atoms with Crippen molar-refractivity contribution in [1.82, 2.24) is 10.2 Å². The van der Waals surface area contributed by atoms with Crippen LogP contribution in [0.15, 0.2) is 35.3 Å². The molecule has 3 rings (SSSR count). The van der Waals surface area contributed by atoms with E-state index in [1.165, 1.54) is 5.56 Å². The first kappa shape index (κ1) is 20.1. The standard InChI is InChI=1S/C21H33N3O3/c1-2-22-20(23-17-21(25)9-12-26-13-10-21)24-11-8-19(14-24)16-27-15-18-6-4-3-5-7-18/h3-7,19,25H,2,8-17H2,1H3,(H,22,23). The Kier molecular flexibility index (Phi) is 7.50. The highest BCUT2D eigenvalue weighted by atomic mass is 16.5. The average molecular weight is 376 g/mol. The highest BCUT2D eigenvalue weighted by Crippen LogP contribution is 2.22. The Morgan fingerprint density at radius 3 is 2.85 bits per heavy atom. The Morgan fingerprint density at radius 1 is 1.33 bits per heavy atom. The number of hydrogen-bond acceptors (Lipinski definition) is 4. The van der Waals surface area contributed by atoms with Gasteiger partial charge in [0.2, 0.25) is 0 Å². The molecule has 0 amide bonds. The lowest BCUT2D eigenvalue weighted by atomic mass is 9.95. The summed E-state index contributed by atoms with van der Waals surface area (Å²) in [5.74, 6) is 1.42. The minimum atomic E-state index is -0.725. The Labute approximate surface area is 162 Å². The molecule has 0 radical (unpaired) electrons. The summed E-state index contributed by atoms with van der Waals surface area (Å²) >= 11 is 0. The number of nitrogens with one attached hydrogen (secondary N) is 1. The summed E-state index contributed by atoms with van der Waals surface area (Å²) in [6, 6.07) is 10.3. The first-order chi connectivity index (χ1) is 13.2. The second-order valence-corrected chi connectivity index (χ2v) is 7.61. The molecule has 6 heteroatoms. The summed E-state index contributed by atoms with van der Waals surface area (Å²) in [6.45, 7) is 7.94. The van der Waals surface area contributed by atoms with Crippen LogP contribution in [0.2, 0.25) is 0 Å². The van der Waals surface area contributed by atoms with E-state index in [1.54, 1.807) is 0 Å². The topological polar surface area (TPSA) is 66.3 Å². The van der Waals surface area contributed by atoms with Gasteiger partial charge in [0.1, 0.15) is 0 Å². The smallest absolute Gasteiger partial charge is 0.194 e. The Bertz CT molecular complexity index is 588. The summed E-state index contributed by atoms with van der Waals surface area (Å²) < 4.78 is 11.3. The zero-order valence-electron chi connectivity index (χ0n) is 16.4. The van der Waals surface area contributed by atoms with Gasteiger partial charge in [-0.1, -0.05) is 30.3 Å². The molecule has 2 fully saturated rings. The summed E-state index contributed by atoms with van der Waals surface area (Å²) in [7, 11) is 0. The monoisotopic (exact) mass is 375 g/mol. The number of benzene rings is 1. The predicted molar refractivity (Wildman–Crippen MR) is 107 cm³/mol. The van der Waals surface area contributed by atoms with E-state index in [9.17, 15) is 5.11 Å². The summed E-state index contributed by atoms with van der Waals surface area (Å²) in [5, 5.41) is 14.0. The van der Waals surface area contributed by atoms with Crippen LogP contribution in [0.5, 0.6) is 0 Å². The zero-order valence-corrected chi connectivity index (χ0v) is 16.4. The van der Waals surface area contributed by atoms with Crippen molar-refractivity contribution in [3.8, 4) is 0 Å². The Morgan fingerprint density at radius 2 is 2.11 bits per heavy atom. The van der Waals surface area contributed by atoms with Gasteiger partial charge in [0.15, 0.2) is 5.96 Å². The summed E-state index contributed by atoms with van der Waals surface area (Å²) in [6.07, 6.45) is 2.43. The largest absolute Gasteiger partial charge is 0.388 e. The molecule has 0 spiro atoms. The minimum Gasteiger partial charge on any atom is -0.388 e. The normalized spacial score (nSPS) is 22.8. The summed E-state index contributed by atoms with van der Waals surface area (Å²) in [5.41, 5.74) is 0.489. The van der Waals surface area contributed by atoms with Crippen LogP contribution in [0.25, 0.3) is 0 Å². The van der Waals surface area contributed by atoms with Gasteiger partial charge >= 0.3 is 0 Å². The van der Waals surface area contributed by atoms with Crippen molar-refractivity contribution in [2.75, 3.05) is 46.0 Å². The van der Waals surface area contributed by atoms with Crippen LogP contribution < -0.4 is 5.32 Å². The van der Waals surface area contributed by atoms with Crippen LogP contribution in [0.4, 0.5) is 0 Å². The SMILES string of the molecule is CCNC(=NCC1(O)CCOCC1)N1CCC(COCc2ccccc2)C1. The molecule has 150 valence electrons. The highest BCUT2D eigenvalue weighted by Gasteiger charge is 2.31. The van der Waals surface area contributed by atoms with Gasteiger partial charge in [0.25, 0.3) is 0 Å². The molecule has 2 heterocycles. The van der Waals surface area contributed by atoms with Crippen LogP contribution in [-0.4, -0.2) is 67.6 Å². The molecule has 1 atom stereocenters. The van der Waals surface area contributed by atoms with Crippen LogP contribution in [0.1, 0.15) is 31.7 Å². The van der Waals surface area contributed by atoms with E-state index >= 15 is 0 Å². The van der Waals surface area contributed by atoms with E-state index in [0.717, 1.165) is 38.6 Å². The highest BCUT2D eigenvalue weighted by molar-refractivity contribution is 5.80. The number of rotatable bonds is 7. The first-order valence-electron chi connectivity index (χ1n) is 10.1. The number of guanidine groups is 1. The van der Waals surface area contributed by atoms with E-state index in [1.807, 2.05) is 18.2 Å². The maximum absolute atomic E-state index is 10.7. The fourth-order valence-electron chi connectivity index (χ4n) is 3.64. The van der Waals surface area contributed by atoms with Gasteiger partial charge in [-0.2, -0.15) is 0 Å². The molecule has 2 saturated heterocycles. The van der Waals surface area contributed by atoms with Crippen LogP contribution in [0.3, 0.4) is 0 Å². The molecule has 1 aromatic carbocycles. The zero-order chi connectivity index (χ0) is 19.0.